The molecule has 4 aliphatic rings. The number of benzene rings is 1. The van der Waals surface area contributed by atoms with Gasteiger partial charge in [0.15, 0.2) is 0 Å². The first-order valence-corrected chi connectivity index (χ1v) is 8.76. The number of carbonyl (C=O) groups is 1. The molecular formula is C18H20BrNO2. The van der Waals surface area contributed by atoms with E-state index < -0.39 is 0 Å². The summed E-state index contributed by atoms with van der Waals surface area (Å²) in [6.07, 6.45) is 5.77. The predicted octanol–water partition coefficient (Wildman–Crippen LogP) is 3.49. The van der Waals surface area contributed by atoms with Crippen LogP contribution in [0.4, 0.5) is 0 Å². The van der Waals surface area contributed by atoms with E-state index in [-0.39, 0.29) is 11.9 Å². The van der Waals surface area contributed by atoms with Crippen molar-refractivity contribution in [1.82, 2.24) is 4.90 Å². The first-order valence-electron chi connectivity index (χ1n) is 7.97. The molecule has 0 N–H and O–H groups in total. The number of ether oxygens (including phenoxy) is 1. The Bertz CT molecular complexity index is 624. The minimum Gasteiger partial charge on any atom is -0.469 e. The molecule has 1 aromatic rings. The fourth-order valence-electron chi connectivity index (χ4n) is 4.65. The summed E-state index contributed by atoms with van der Waals surface area (Å²) in [6.45, 7) is 1.02. The molecule has 5 rings (SSSR count). The molecule has 116 valence electrons. The van der Waals surface area contributed by atoms with Gasteiger partial charge in [-0.05, 0) is 42.9 Å². The van der Waals surface area contributed by atoms with Gasteiger partial charge in [-0.3, -0.25) is 9.69 Å². The quantitative estimate of drug-likeness (QED) is 0.755. The SMILES string of the molecule is COC(=O)[C@H]1[C@@H]2C[C@@H]3CC[C@H]1N3C/C2=C\c1ccc(Br)cc1. The van der Waals surface area contributed by atoms with Crippen LogP contribution in [0.2, 0.25) is 0 Å². The predicted molar refractivity (Wildman–Crippen MR) is 89.2 cm³/mol. The molecule has 1 unspecified atom stereocenters. The maximum atomic E-state index is 12.3. The fraction of sp³-hybridized carbons (Fsp3) is 0.500. The largest absolute Gasteiger partial charge is 0.469 e. The van der Waals surface area contributed by atoms with Crippen LogP contribution in [0.25, 0.3) is 6.08 Å². The van der Waals surface area contributed by atoms with Crippen molar-refractivity contribution in [3.05, 3.63) is 39.9 Å². The molecule has 1 aromatic carbocycles. The van der Waals surface area contributed by atoms with Gasteiger partial charge >= 0.3 is 5.97 Å². The van der Waals surface area contributed by atoms with Gasteiger partial charge in [0, 0.05) is 23.1 Å². The zero-order valence-electron chi connectivity index (χ0n) is 12.7. The third-order valence-electron chi connectivity index (χ3n) is 5.60. The number of halogens is 1. The molecule has 0 spiro atoms. The average Bonchev–Trinajstić information content (AvgIpc) is 2.84. The van der Waals surface area contributed by atoms with Crippen LogP contribution in [0, 0.1) is 11.8 Å². The zero-order chi connectivity index (χ0) is 15.3. The van der Waals surface area contributed by atoms with E-state index in [1.165, 1.54) is 24.7 Å². The average molecular weight is 362 g/mol. The summed E-state index contributed by atoms with van der Waals surface area (Å²) in [4.78, 5) is 14.9. The number of esters is 1. The van der Waals surface area contributed by atoms with E-state index in [9.17, 15) is 4.79 Å². The van der Waals surface area contributed by atoms with E-state index in [0.717, 1.165) is 23.9 Å². The van der Waals surface area contributed by atoms with Crippen molar-refractivity contribution in [3.63, 3.8) is 0 Å². The monoisotopic (exact) mass is 361 g/mol. The van der Waals surface area contributed by atoms with Gasteiger partial charge < -0.3 is 4.74 Å². The number of fused-ring (bicyclic) bond motifs is 1. The van der Waals surface area contributed by atoms with Crippen LogP contribution < -0.4 is 0 Å². The maximum absolute atomic E-state index is 12.3. The van der Waals surface area contributed by atoms with E-state index >= 15 is 0 Å². The molecule has 22 heavy (non-hydrogen) atoms. The summed E-state index contributed by atoms with van der Waals surface area (Å²) in [5.41, 5.74) is 2.61. The highest BCUT2D eigenvalue weighted by Gasteiger charge is 2.55. The lowest BCUT2D eigenvalue weighted by Gasteiger charge is -2.50. The molecule has 4 heteroatoms. The molecule has 4 bridgehead atoms. The van der Waals surface area contributed by atoms with E-state index in [1.807, 2.05) is 0 Å². The number of nitrogens with zero attached hydrogens (tertiary/aromatic N) is 1. The second-order valence-corrected chi connectivity index (χ2v) is 7.55. The van der Waals surface area contributed by atoms with E-state index in [1.54, 1.807) is 0 Å². The van der Waals surface area contributed by atoms with Gasteiger partial charge in [-0.15, -0.1) is 0 Å². The lowest BCUT2D eigenvalue weighted by atomic mass is 9.71. The molecule has 4 aliphatic heterocycles. The highest BCUT2D eigenvalue weighted by molar-refractivity contribution is 9.10. The van der Waals surface area contributed by atoms with Crippen LogP contribution in [-0.2, 0) is 9.53 Å². The Morgan fingerprint density at radius 2 is 2.09 bits per heavy atom. The molecule has 0 amide bonds. The van der Waals surface area contributed by atoms with Crippen molar-refractivity contribution in [2.24, 2.45) is 11.8 Å². The number of hydrogen-bond donors (Lipinski definition) is 0. The van der Waals surface area contributed by atoms with Crippen molar-refractivity contribution >= 4 is 28.0 Å². The molecule has 0 aliphatic carbocycles. The van der Waals surface area contributed by atoms with Crippen LogP contribution in [0.5, 0.6) is 0 Å². The van der Waals surface area contributed by atoms with Crippen LogP contribution >= 0.6 is 15.9 Å². The molecule has 4 fully saturated rings. The summed E-state index contributed by atoms with van der Waals surface area (Å²) in [7, 11) is 1.52. The van der Waals surface area contributed by atoms with Gasteiger partial charge in [0.1, 0.15) is 0 Å². The van der Waals surface area contributed by atoms with E-state index in [0.29, 0.717) is 18.0 Å². The van der Waals surface area contributed by atoms with Crippen LogP contribution in [0.3, 0.4) is 0 Å². The van der Waals surface area contributed by atoms with Crippen LogP contribution in [0.15, 0.2) is 34.3 Å². The Kier molecular flexibility index (Phi) is 3.61. The van der Waals surface area contributed by atoms with E-state index in [2.05, 4.69) is 51.2 Å². The van der Waals surface area contributed by atoms with Crippen molar-refractivity contribution in [2.75, 3.05) is 13.7 Å². The molecule has 0 aromatic heterocycles. The Morgan fingerprint density at radius 3 is 2.82 bits per heavy atom. The van der Waals surface area contributed by atoms with Crippen molar-refractivity contribution in [2.45, 2.75) is 31.3 Å². The molecular weight excluding hydrogens is 342 g/mol. The topological polar surface area (TPSA) is 29.5 Å². The number of hydrogen-bond acceptors (Lipinski definition) is 3. The molecule has 0 radical (unpaired) electrons. The summed E-state index contributed by atoms with van der Waals surface area (Å²) < 4.78 is 6.20. The standard InChI is InChI=1S/C18H20BrNO2/c1-22-18(21)17-15-9-14-6-7-16(17)20(14)10-12(15)8-11-2-4-13(19)5-3-11/h2-5,8,14-17H,6-7,9-10H2,1H3/b12-8+/t14-,15+,16+,17-/m0/s1. The molecule has 5 atom stereocenters. The second kappa shape index (κ2) is 5.50. The minimum absolute atomic E-state index is 0.0262. The zero-order valence-corrected chi connectivity index (χ0v) is 14.3. The number of methoxy groups -OCH3 is 1. The Balaban J connectivity index is 1.68. The number of rotatable bonds is 2. The lowest BCUT2D eigenvalue weighted by Crippen LogP contribution is -2.58. The number of piperidine rings is 3. The maximum Gasteiger partial charge on any atom is 0.310 e. The van der Waals surface area contributed by atoms with Gasteiger partial charge in [0.05, 0.1) is 13.0 Å². The molecule has 4 heterocycles. The van der Waals surface area contributed by atoms with Gasteiger partial charge in [0.25, 0.3) is 0 Å². The fourth-order valence-corrected chi connectivity index (χ4v) is 4.92. The van der Waals surface area contributed by atoms with Crippen molar-refractivity contribution in [1.29, 1.82) is 0 Å². The molecule has 0 saturated carbocycles. The first kappa shape index (κ1) is 14.5. The summed E-state index contributed by atoms with van der Waals surface area (Å²) >= 11 is 3.48. The summed E-state index contributed by atoms with van der Waals surface area (Å²) in [5, 5.41) is 0. The Morgan fingerprint density at radius 1 is 1.32 bits per heavy atom. The van der Waals surface area contributed by atoms with Gasteiger partial charge in [-0.2, -0.15) is 0 Å². The molecule has 3 nitrogen and oxygen atoms in total. The van der Waals surface area contributed by atoms with Crippen LogP contribution in [0.1, 0.15) is 24.8 Å². The highest BCUT2D eigenvalue weighted by Crippen LogP contribution is 2.50. The minimum atomic E-state index is -0.0262. The van der Waals surface area contributed by atoms with E-state index in [4.69, 9.17) is 4.74 Å². The second-order valence-electron chi connectivity index (χ2n) is 6.63. The summed E-state index contributed by atoms with van der Waals surface area (Å²) in [6, 6.07) is 9.45. The summed E-state index contributed by atoms with van der Waals surface area (Å²) in [5.74, 6) is 0.361. The highest BCUT2D eigenvalue weighted by atomic mass is 79.9. The third kappa shape index (κ3) is 2.24. The Labute approximate surface area is 139 Å². The van der Waals surface area contributed by atoms with Crippen molar-refractivity contribution < 1.29 is 9.53 Å². The molecule has 4 saturated heterocycles. The van der Waals surface area contributed by atoms with Gasteiger partial charge in [-0.25, -0.2) is 0 Å². The number of carbonyl (C=O) groups excluding carboxylic acids is 1. The smallest absolute Gasteiger partial charge is 0.310 e. The Hall–Kier alpha value is -1.13. The third-order valence-corrected chi connectivity index (χ3v) is 6.13. The van der Waals surface area contributed by atoms with Gasteiger partial charge in [-0.1, -0.05) is 39.7 Å². The first-order chi connectivity index (χ1) is 10.7. The van der Waals surface area contributed by atoms with Crippen molar-refractivity contribution in [3.8, 4) is 0 Å². The normalized spacial score (nSPS) is 37.5. The van der Waals surface area contributed by atoms with Crippen LogP contribution in [-0.4, -0.2) is 36.6 Å². The van der Waals surface area contributed by atoms with Gasteiger partial charge in [0.2, 0.25) is 0 Å². The lowest BCUT2D eigenvalue weighted by molar-refractivity contribution is -0.153.